The van der Waals surface area contributed by atoms with E-state index in [1.165, 1.54) is 82.0 Å². The molecule has 1 aromatic heterocycles. The Morgan fingerprint density at radius 1 is 0.871 bits per heavy atom. The van der Waals surface area contributed by atoms with Crippen LogP contribution in [0.4, 0.5) is 10.3 Å². The summed E-state index contributed by atoms with van der Waals surface area (Å²) in [5, 5.41) is 15.5. The van der Waals surface area contributed by atoms with Crippen LogP contribution in [-0.4, -0.2) is 48.2 Å². The number of carbonyl (C=O) groups excluding carboxylic acids is 1. The third-order valence-corrected chi connectivity index (χ3v) is 5.97. The summed E-state index contributed by atoms with van der Waals surface area (Å²) in [4.78, 5) is 14.2. The Hall–Kier alpha value is -1.47. The molecule has 1 heterocycles. The molecule has 0 fully saturated rings. The maximum absolute atomic E-state index is 12.1. The number of nitrogens with zero attached hydrogens (tertiary/aromatic N) is 3. The van der Waals surface area contributed by atoms with Crippen LogP contribution in [0.5, 0.6) is 0 Å². The van der Waals surface area contributed by atoms with Crippen molar-refractivity contribution in [2.75, 3.05) is 37.8 Å². The van der Waals surface area contributed by atoms with Gasteiger partial charge in [0.15, 0.2) is 0 Å². The minimum absolute atomic E-state index is 0.0358. The molecule has 0 aliphatic carbocycles. The minimum Gasteiger partial charge on any atom is -0.359 e. The molecule has 178 valence electrons. The number of likely N-dealkylation sites (N-methyl/N-ethyl adjacent to an activating group) is 1. The molecule has 0 atom stereocenters. The lowest BCUT2D eigenvalue weighted by Gasteiger charge is -2.08. The van der Waals surface area contributed by atoms with Crippen LogP contribution in [0.15, 0.2) is 12.2 Å². The molecular formula is C24H45N5OS. The fourth-order valence-corrected chi connectivity index (χ4v) is 3.96. The lowest BCUT2D eigenvalue weighted by atomic mass is 10.1. The summed E-state index contributed by atoms with van der Waals surface area (Å²) in [7, 11) is 4.06. The Morgan fingerprint density at radius 3 is 2.10 bits per heavy atom. The molecule has 0 bridgehead atoms. The molecule has 0 aromatic carbocycles. The Labute approximate surface area is 194 Å². The third-order valence-electron chi connectivity index (χ3n) is 5.17. The van der Waals surface area contributed by atoms with E-state index in [1.807, 2.05) is 14.1 Å². The van der Waals surface area contributed by atoms with Gasteiger partial charge in [0, 0.05) is 19.5 Å². The topological polar surface area (TPSA) is 70.1 Å². The van der Waals surface area contributed by atoms with Crippen molar-refractivity contribution in [1.29, 1.82) is 0 Å². The molecule has 6 nitrogen and oxygen atoms in total. The van der Waals surface area contributed by atoms with Crippen molar-refractivity contribution in [3.05, 3.63) is 12.2 Å². The Bertz CT molecular complexity index is 588. The molecule has 0 radical (unpaired) electrons. The molecule has 0 saturated carbocycles. The summed E-state index contributed by atoms with van der Waals surface area (Å²) in [5.41, 5.74) is 0. The van der Waals surface area contributed by atoms with Crippen LogP contribution in [0.2, 0.25) is 0 Å². The molecule has 7 heteroatoms. The average Bonchev–Trinajstić information content (AvgIpc) is 3.17. The van der Waals surface area contributed by atoms with E-state index in [0.717, 1.165) is 31.1 Å². The van der Waals surface area contributed by atoms with E-state index in [2.05, 4.69) is 44.8 Å². The maximum Gasteiger partial charge on any atom is 0.226 e. The predicted molar refractivity (Wildman–Crippen MR) is 135 cm³/mol. The lowest BCUT2D eigenvalue weighted by Crippen LogP contribution is -2.20. The number of allylic oxidation sites excluding steroid dienone is 2. The molecule has 0 saturated heterocycles. The lowest BCUT2D eigenvalue weighted by molar-refractivity contribution is -0.116. The molecule has 0 unspecified atom stereocenters. The summed E-state index contributed by atoms with van der Waals surface area (Å²) in [5.74, 6) is 0.0358. The molecule has 1 rings (SSSR count). The number of unbranched alkanes of at least 4 members (excludes halogenated alkanes) is 11. The van der Waals surface area contributed by atoms with Gasteiger partial charge in [-0.1, -0.05) is 81.8 Å². The largest absolute Gasteiger partial charge is 0.359 e. The van der Waals surface area contributed by atoms with Crippen LogP contribution in [0.3, 0.4) is 0 Å². The van der Waals surface area contributed by atoms with E-state index in [-0.39, 0.29) is 5.91 Å². The SMILES string of the molecule is CCCCCCCCC=CCCCCCCCC(=O)Nc1nnc(NCCN(C)C)s1. The molecule has 1 aromatic rings. The first kappa shape index (κ1) is 27.6. The number of anilines is 2. The second-order valence-electron chi connectivity index (χ2n) is 8.52. The Morgan fingerprint density at radius 2 is 1.45 bits per heavy atom. The third kappa shape index (κ3) is 16.8. The van der Waals surface area contributed by atoms with Gasteiger partial charge in [-0.2, -0.15) is 0 Å². The van der Waals surface area contributed by atoms with Crippen LogP contribution < -0.4 is 10.6 Å². The number of nitrogens with one attached hydrogen (secondary N) is 2. The zero-order valence-corrected chi connectivity index (χ0v) is 20.9. The first-order valence-electron chi connectivity index (χ1n) is 12.3. The van der Waals surface area contributed by atoms with Gasteiger partial charge in [0.05, 0.1) is 0 Å². The van der Waals surface area contributed by atoms with Crippen LogP contribution >= 0.6 is 11.3 Å². The quantitative estimate of drug-likeness (QED) is 0.175. The van der Waals surface area contributed by atoms with Crippen molar-refractivity contribution < 1.29 is 4.79 Å². The number of amides is 1. The van der Waals surface area contributed by atoms with Crippen molar-refractivity contribution in [1.82, 2.24) is 15.1 Å². The summed E-state index contributed by atoms with van der Waals surface area (Å²) < 4.78 is 0. The molecule has 31 heavy (non-hydrogen) atoms. The van der Waals surface area contributed by atoms with E-state index in [4.69, 9.17) is 0 Å². The van der Waals surface area contributed by atoms with Gasteiger partial charge in [-0.05, 0) is 46.2 Å². The fourth-order valence-electron chi connectivity index (χ4n) is 3.27. The van der Waals surface area contributed by atoms with E-state index in [9.17, 15) is 4.79 Å². The van der Waals surface area contributed by atoms with Gasteiger partial charge < -0.3 is 15.5 Å². The van der Waals surface area contributed by atoms with Crippen molar-refractivity contribution >= 4 is 27.5 Å². The van der Waals surface area contributed by atoms with E-state index >= 15 is 0 Å². The monoisotopic (exact) mass is 451 g/mol. The standard InChI is InChI=1S/C24H45N5OS/c1-4-5-6-7-8-9-10-11-12-13-14-15-16-17-18-19-22(30)26-24-28-27-23(31-24)25-20-21-29(2)3/h11-12H,4-10,13-21H2,1-3H3,(H,25,27)(H,26,28,30). The summed E-state index contributed by atoms with van der Waals surface area (Å²) in [6.45, 7) is 4.00. The molecule has 0 aliphatic rings. The highest BCUT2D eigenvalue weighted by Gasteiger charge is 2.08. The first-order valence-corrected chi connectivity index (χ1v) is 13.1. The van der Waals surface area contributed by atoms with Crippen LogP contribution in [0.1, 0.15) is 96.8 Å². The second-order valence-corrected chi connectivity index (χ2v) is 9.50. The van der Waals surface area contributed by atoms with Gasteiger partial charge in [-0.3, -0.25) is 4.79 Å². The highest BCUT2D eigenvalue weighted by Crippen LogP contribution is 2.20. The normalized spacial score (nSPS) is 11.5. The maximum atomic E-state index is 12.1. The number of hydrogen-bond acceptors (Lipinski definition) is 6. The van der Waals surface area contributed by atoms with Gasteiger partial charge >= 0.3 is 0 Å². The second kappa shape index (κ2) is 19.2. The Kier molecular flexibility index (Phi) is 17.1. The smallest absolute Gasteiger partial charge is 0.226 e. The molecular weight excluding hydrogens is 406 g/mol. The molecule has 1 amide bonds. The van der Waals surface area contributed by atoms with Gasteiger partial charge in [0.25, 0.3) is 0 Å². The first-order chi connectivity index (χ1) is 15.1. The fraction of sp³-hybridized carbons (Fsp3) is 0.792. The highest BCUT2D eigenvalue weighted by molar-refractivity contribution is 7.19. The number of aromatic nitrogens is 2. The van der Waals surface area contributed by atoms with Gasteiger partial charge in [0.2, 0.25) is 16.2 Å². The minimum atomic E-state index is 0.0358. The van der Waals surface area contributed by atoms with Crippen molar-refractivity contribution in [3.63, 3.8) is 0 Å². The van der Waals surface area contributed by atoms with Crippen molar-refractivity contribution in [2.45, 2.75) is 96.8 Å². The molecule has 0 spiro atoms. The van der Waals surface area contributed by atoms with E-state index in [0.29, 0.717) is 11.6 Å². The van der Waals surface area contributed by atoms with Crippen LogP contribution in [0.25, 0.3) is 0 Å². The van der Waals surface area contributed by atoms with E-state index in [1.54, 1.807) is 0 Å². The highest BCUT2D eigenvalue weighted by atomic mass is 32.1. The van der Waals surface area contributed by atoms with E-state index < -0.39 is 0 Å². The zero-order valence-electron chi connectivity index (χ0n) is 20.1. The van der Waals surface area contributed by atoms with Crippen LogP contribution in [-0.2, 0) is 4.79 Å². The molecule has 2 N–H and O–H groups in total. The molecule has 0 aliphatic heterocycles. The van der Waals surface area contributed by atoms with Gasteiger partial charge in [-0.25, -0.2) is 0 Å². The number of carbonyl (C=O) groups is 1. The van der Waals surface area contributed by atoms with Crippen LogP contribution in [0, 0.1) is 0 Å². The average molecular weight is 452 g/mol. The van der Waals surface area contributed by atoms with Gasteiger partial charge in [-0.15, -0.1) is 10.2 Å². The Balaban J connectivity index is 1.92. The number of rotatable bonds is 20. The van der Waals surface area contributed by atoms with Gasteiger partial charge in [0.1, 0.15) is 0 Å². The van der Waals surface area contributed by atoms with Crippen molar-refractivity contribution in [2.24, 2.45) is 0 Å². The summed E-state index contributed by atoms with van der Waals surface area (Å²) in [6.07, 6.45) is 21.7. The zero-order chi connectivity index (χ0) is 22.6. The predicted octanol–water partition coefficient (Wildman–Crippen LogP) is 6.49. The summed E-state index contributed by atoms with van der Waals surface area (Å²) >= 11 is 1.39. The summed E-state index contributed by atoms with van der Waals surface area (Å²) in [6, 6.07) is 0. The number of hydrogen-bond donors (Lipinski definition) is 2. The van der Waals surface area contributed by atoms with Crippen molar-refractivity contribution in [3.8, 4) is 0 Å².